The summed E-state index contributed by atoms with van der Waals surface area (Å²) in [6, 6.07) is 20.6. The first-order chi connectivity index (χ1) is 17.6. The number of hydrogen-bond donors (Lipinski definition) is 0. The molecule has 0 spiro atoms. The van der Waals surface area contributed by atoms with Gasteiger partial charge in [-0.1, -0.05) is 36.7 Å². The molecule has 2 heterocycles. The molecule has 1 aliphatic rings. The van der Waals surface area contributed by atoms with Gasteiger partial charge in [-0.15, -0.1) is 0 Å². The van der Waals surface area contributed by atoms with E-state index in [1.165, 1.54) is 11.1 Å². The van der Waals surface area contributed by atoms with E-state index >= 15 is 0 Å². The van der Waals surface area contributed by atoms with Crippen molar-refractivity contribution < 1.29 is 9.47 Å². The van der Waals surface area contributed by atoms with Gasteiger partial charge in [-0.3, -0.25) is 9.88 Å². The SMILES string of the molecule is CCc1ccc(CCN2CCN(c3ccc(OCCOC)cc3C#N)[C@H](c3ccc(Cl)cc3)C2)cn1. The lowest BCUT2D eigenvalue weighted by atomic mass is 9.99. The summed E-state index contributed by atoms with van der Waals surface area (Å²) < 4.78 is 10.8. The Labute approximate surface area is 219 Å². The quantitative estimate of drug-likeness (QED) is 0.349. The van der Waals surface area contributed by atoms with Crippen LogP contribution in [-0.2, 0) is 17.6 Å². The Morgan fingerprint density at radius 1 is 1.08 bits per heavy atom. The third-order valence-corrected chi connectivity index (χ3v) is 6.89. The van der Waals surface area contributed by atoms with Crippen LogP contribution in [0, 0.1) is 11.3 Å². The van der Waals surface area contributed by atoms with Gasteiger partial charge in [0.05, 0.1) is 23.9 Å². The summed E-state index contributed by atoms with van der Waals surface area (Å²) in [6.45, 7) is 6.63. The number of hydrogen-bond acceptors (Lipinski definition) is 6. The Morgan fingerprint density at radius 2 is 1.92 bits per heavy atom. The van der Waals surface area contributed by atoms with Crippen molar-refractivity contribution in [2.75, 3.05) is 51.4 Å². The fourth-order valence-electron chi connectivity index (χ4n) is 4.59. The second kappa shape index (κ2) is 12.7. The van der Waals surface area contributed by atoms with Crippen molar-refractivity contribution in [1.82, 2.24) is 9.88 Å². The van der Waals surface area contributed by atoms with Crippen molar-refractivity contribution in [3.8, 4) is 11.8 Å². The Morgan fingerprint density at radius 3 is 2.61 bits per heavy atom. The summed E-state index contributed by atoms with van der Waals surface area (Å²) in [5, 5.41) is 10.7. The van der Waals surface area contributed by atoms with Gasteiger partial charge in [0.25, 0.3) is 0 Å². The Kier molecular flexibility index (Phi) is 9.18. The molecule has 0 aliphatic carbocycles. The van der Waals surface area contributed by atoms with E-state index in [-0.39, 0.29) is 6.04 Å². The van der Waals surface area contributed by atoms with Gasteiger partial charge in [0.2, 0.25) is 0 Å². The van der Waals surface area contributed by atoms with Crippen LogP contribution in [0.15, 0.2) is 60.8 Å². The highest BCUT2D eigenvalue weighted by atomic mass is 35.5. The summed E-state index contributed by atoms with van der Waals surface area (Å²) in [7, 11) is 1.64. The van der Waals surface area contributed by atoms with Gasteiger partial charge in [0, 0.05) is 50.2 Å². The predicted octanol–water partition coefficient (Wildman–Crippen LogP) is 5.30. The number of aromatic nitrogens is 1. The number of anilines is 1. The monoisotopic (exact) mass is 504 g/mol. The van der Waals surface area contributed by atoms with E-state index in [2.05, 4.69) is 52.0 Å². The molecule has 2 aromatic carbocycles. The second-order valence-corrected chi connectivity index (χ2v) is 9.39. The standard InChI is InChI=1S/C29H33ClN4O2/c1-3-26-9-4-22(20-32-26)12-13-33-14-15-34(29(21-33)23-5-7-25(30)8-6-23)28-11-10-27(18-24(28)19-31)36-17-16-35-2/h4-11,18,20,29H,3,12-17,21H2,1-2H3/t29-/m0/s1. The van der Waals surface area contributed by atoms with Crippen LogP contribution >= 0.6 is 11.6 Å². The lowest BCUT2D eigenvalue weighted by molar-refractivity contribution is 0.146. The Hall–Kier alpha value is -3.11. The van der Waals surface area contributed by atoms with Crippen LogP contribution in [0.25, 0.3) is 0 Å². The summed E-state index contributed by atoms with van der Waals surface area (Å²) in [5.41, 5.74) is 5.10. The fraction of sp³-hybridized carbons (Fsp3) is 0.379. The highest BCUT2D eigenvalue weighted by Crippen LogP contribution is 2.35. The van der Waals surface area contributed by atoms with E-state index in [1.54, 1.807) is 7.11 Å². The highest BCUT2D eigenvalue weighted by molar-refractivity contribution is 6.30. The molecule has 3 aromatic rings. The number of ether oxygens (including phenoxy) is 2. The largest absolute Gasteiger partial charge is 0.491 e. The number of pyridine rings is 1. The van der Waals surface area contributed by atoms with E-state index in [9.17, 15) is 5.26 Å². The van der Waals surface area contributed by atoms with Gasteiger partial charge in [-0.05, 0) is 60.4 Å². The number of aryl methyl sites for hydroxylation is 1. The predicted molar refractivity (Wildman–Crippen MR) is 144 cm³/mol. The van der Waals surface area contributed by atoms with Gasteiger partial charge in [0.1, 0.15) is 18.4 Å². The number of nitriles is 1. The molecule has 6 nitrogen and oxygen atoms in total. The minimum Gasteiger partial charge on any atom is -0.491 e. The molecule has 1 saturated heterocycles. The van der Waals surface area contributed by atoms with E-state index < -0.39 is 0 Å². The van der Waals surface area contributed by atoms with Crippen LogP contribution in [0.2, 0.25) is 5.02 Å². The molecule has 1 atom stereocenters. The molecule has 0 N–H and O–H groups in total. The third-order valence-electron chi connectivity index (χ3n) is 6.64. The Balaban J connectivity index is 1.53. The molecule has 7 heteroatoms. The molecule has 36 heavy (non-hydrogen) atoms. The zero-order valence-electron chi connectivity index (χ0n) is 21.0. The minimum atomic E-state index is 0.101. The minimum absolute atomic E-state index is 0.101. The lowest BCUT2D eigenvalue weighted by Gasteiger charge is -2.43. The van der Waals surface area contributed by atoms with Crippen LogP contribution in [0.1, 0.15) is 35.3 Å². The lowest BCUT2D eigenvalue weighted by Crippen LogP contribution is -2.49. The summed E-state index contributed by atoms with van der Waals surface area (Å²) >= 11 is 6.19. The summed E-state index contributed by atoms with van der Waals surface area (Å²) in [6.07, 6.45) is 3.92. The molecular formula is C29H33ClN4O2. The molecule has 0 unspecified atom stereocenters. The molecule has 4 rings (SSSR count). The summed E-state index contributed by atoms with van der Waals surface area (Å²) in [5.74, 6) is 0.678. The fourth-order valence-corrected chi connectivity index (χ4v) is 4.71. The van der Waals surface area contributed by atoms with Crippen molar-refractivity contribution >= 4 is 17.3 Å². The molecule has 0 amide bonds. The number of nitrogens with zero attached hydrogens (tertiary/aromatic N) is 4. The van der Waals surface area contributed by atoms with E-state index in [1.807, 2.05) is 36.5 Å². The molecule has 1 fully saturated rings. The van der Waals surface area contributed by atoms with Gasteiger partial charge < -0.3 is 14.4 Å². The number of piperazine rings is 1. The number of benzene rings is 2. The number of rotatable bonds is 10. The third kappa shape index (κ3) is 6.55. The van der Waals surface area contributed by atoms with Gasteiger partial charge in [-0.25, -0.2) is 0 Å². The van der Waals surface area contributed by atoms with Crippen molar-refractivity contribution in [2.24, 2.45) is 0 Å². The second-order valence-electron chi connectivity index (χ2n) is 8.95. The van der Waals surface area contributed by atoms with Crippen LogP contribution in [0.3, 0.4) is 0 Å². The maximum Gasteiger partial charge on any atom is 0.120 e. The molecule has 188 valence electrons. The molecule has 1 aromatic heterocycles. The van der Waals surface area contributed by atoms with Crippen LogP contribution in [0.4, 0.5) is 5.69 Å². The first kappa shape index (κ1) is 26.0. The van der Waals surface area contributed by atoms with E-state index in [4.69, 9.17) is 21.1 Å². The first-order valence-corrected chi connectivity index (χ1v) is 12.8. The van der Waals surface area contributed by atoms with Crippen LogP contribution < -0.4 is 9.64 Å². The topological polar surface area (TPSA) is 61.6 Å². The van der Waals surface area contributed by atoms with Crippen molar-refractivity contribution in [3.05, 3.63) is 88.2 Å². The smallest absolute Gasteiger partial charge is 0.120 e. The average molecular weight is 505 g/mol. The zero-order valence-corrected chi connectivity index (χ0v) is 21.7. The molecule has 0 bridgehead atoms. The number of halogens is 1. The van der Waals surface area contributed by atoms with Gasteiger partial charge in [-0.2, -0.15) is 5.26 Å². The maximum atomic E-state index is 9.95. The molecular weight excluding hydrogens is 472 g/mol. The van der Waals surface area contributed by atoms with E-state index in [0.29, 0.717) is 24.5 Å². The average Bonchev–Trinajstić information content (AvgIpc) is 2.92. The van der Waals surface area contributed by atoms with Crippen LogP contribution in [0.5, 0.6) is 5.75 Å². The highest BCUT2D eigenvalue weighted by Gasteiger charge is 2.30. The van der Waals surface area contributed by atoms with Crippen molar-refractivity contribution in [1.29, 1.82) is 5.26 Å². The maximum absolute atomic E-state index is 9.95. The van der Waals surface area contributed by atoms with Crippen molar-refractivity contribution in [3.63, 3.8) is 0 Å². The van der Waals surface area contributed by atoms with Crippen molar-refractivity contribution in [2.45, 2.75) is 25.8 Å². The molecule has 1 aliphatic heterocycles. The van der Waals surface area contributed by atoms with Gasteiger partial charge >= 0.3 is 0 Å². The van der Waals surface area contributed by atoms with Gasteiger partial charge in [0.15, 0.2) is 0 Å². The Bertz CT molecular complexity index is 1160. The number of methoxy groups -OCH3 is 1. The molecule has 0 saturated carbocycles. The van der Waals surface area contributed by atoms with Crippen LogP contribution in [-0.4, -0.2) is 56.4 Å². The molecule has 0 radical (unpaired) electrons. The van der Waals surface area contributed by atoms with E-state index in [0.717, 1.165) is 55.4 Å². The first-order valence-electron chi connectivity index (χ1n) is 12.5. The normalized spacial score (nSPS) is 16.1. The zero-order chi connectivity index (χ0) is 25.3. The summed E-state index contributed by atoms with van der Waals surface area (Å²) in [4.78, 5) is 9.39.